The van der Waals surface area contributed by atoms with Gasteiger partial charge in [0, 0.05) is 42.9 Å². The number of carbonyl (C=O) groups is 9. The minimum absolute atomic E-state index is 0.00119. The number of fused-ring (bicyclic) bond motifs is 1. The number of carbonyl (C=O) groups excluding carboxylic acids is 7. The lowest BCUT2D eigenvalue weighted by Gasteiger charge is -2.30. The molecule has 0 aliphatic rings. The predicted octanol–water partition coefficient (Wildman–Crippen LogP) is 0.650. The molecule has 25 heteroatoms. The van der Waals surface area contributed by atoms with Crippen LogP contribution in [0.1, 0.15) is 117 Å². The summed E-state index contributed by atoms with van der Waals surface area (Å²) in [4.78, 5) is 131. The van der Waals surface area contributed by atoms with Crippen molar-refractivity contribution < 1.29 is 58.5 Å². The van der Waals surface area contributed by atoms with E-state index in [1.165, 1.54) is 24.3 Å². The Kier molecular flexibility index (Phi) is 27.9. The highest BCUT2D eigenvalue weighted by Crippen LogP contribution is 2.21. The second-order valence-corrected chi connectivity index (χ2v) is 20.4. The highest BCUT2D eigenvalue weighted by atomic mass is 16.4. The van der Waals surface area contributed by atoms with Gasteiger partial charge in [-0.15, -0.1) is 0 Å². The standard InChI is InChI=1S/C55H85N13O12/c1-7-30(4)44(66-47(72)37(57)23-24-43(70)71)52(77)65-41(27-33-19-21-35(69)22-20-33)50(75)63-39(17-12-13-25-56)48(73)62-40(18-14-26-60-55(58)59)49(74)64-42(28-34-29-61-38-16-11-10-15-36(34)38)51(76)67-45(31(5)8-2)53(78)68-46(54(79)80)32(6)9-3/h10-11,15-16,19-22,29-32,37,39-42,44-46,61,69H,7-9,12-14,17-18,23-28,56-57H2,1-6H3,(H,62,73)(H,63,75)(H,64,74)(H,65,77)(H,66,72)(H,67,76)(H,68,78)(H,70,71)(H,79,80)(H4,58,59,60)/t30-,31-,32-,37-,39-,40-,41-,42-,44-,45-,46-/m0/s1. The molecule has 3 aromatic rings. The fraction of sp³-hybridized carbons (Fsp3) is 0.564. The third kappa shape index (κ3) is 21.4. The number of para-hydroxylation sites is 1. The first kappa shape index (κ1) is 66.5. The van der Waals surface area contributed by atoms with Crippen LogP contribution in [0.2, 0.25) is 0 Å². The van der Waals surface area contributed by atoms with Crippen molar-refractivity contribution in [3.63, 3.8) is 0 Å². The number of nitrogens with one attached hydrogen (secondary N) is 8. The van der Waals surface area contributed by atoms with E-state index in [1.54, 1.807) is 53.8 Å². The molecule has 1 heterocycles. The molecule has 0 saturated carbocycles. The van der Waals surface area contributed by atoms with Crippen molar-refractivity contribution in [1.29, 1.82) is 0 Å². The number of nitrogens with zero attached hydrogens (tertiary/aromatic N) is 1. The number of aromatic hydroxyl groups is 1. The summed E-state index contributed by atoms with van der Waals surface area (Å²) in [5.74, 6) is -9.72. The number of phenols is 1. The van der Waals surface area contributed by atoms with Gasteiger partial charge in [0.2, 0.25) is 41.4 Å². The summed E-state index contributed by atoms with van der Waals surface area (Å²) in [5.41, 5.74) is 24.9. The van der Waals surface area contributed by atoms with E-state index < -0.39 is 126 Å². The van der Waals surface area contributed by atoms with Gasteiger partial charge in [-0.2, -0.15) is 0 Å². The van der Waals surface area contributed by atoms with Gasteiger partial charge >= 0.3 is 11.9 Å². The molecule has 7 amide bonds. The number of carboxylic acid groups (broad SMARTS) is 2. The van der Waals surface area contributed by atoms with Crippen molar-refractivity contribution in [3.05, 3.63) is 65.9 Å². The molecule has 0 fully saturated rings. The van der Waals surface area contributed by atoms with Gasteiger partial charge in [0.05, 0.1) is 6.04 Å². The van der Waals surface area contributed by atoms with Crippen molar-refractivity contribution in [1.82, 2.24) is 42.2 Å². The molecule has 0 aliphatic carbocycles. The SMILES string of the molecule is CC[C@H](C)[C@H](NC(=O)[C@@H](NC(=O)[C@H](Cc1c[nH]c2ccccc12)NC(=O)[C@H](CCCN=C(N)N)NC(=O)[C@H](CCCCN)NC(=O)[C@H](Cc1ccc(O)cc1)NC(=O)[C@@H](NC(=O)[C@@H](N)CCC(=O)O)[C@@H](C)CC)[C@@H](C)CC)C(=O)O. The van der Waals surface area contributed by atoms with Crippen molar-refractivity contribution in [2.75, 3.05) is 13.1 Å². The Balaban J connectivity index is 2.06. The molecule has 0 spiro atoms. The van der Waals surface area contributed by atoms with E-state index in [1.807, 2.05) is 18.2 Å². The number of guanidine groups is 1. The molecule has 2 aromatic carbocycles. The van der Waals surface area contributed by atoms with Crippen molar-refractivity contribution in [2.45, 2.75) is 167 Å². The van der Waals surface area contributed by atoms with Crippen molar-refractivity contribution in [2.24, 2.45) is 45.7 Å². The Morgan fingerprint density at radius 3 is 1.60 bits per heavy atom. The van der Waals surface area contributed by atoms with Gasteiger partial charge in [0.15, 0.2) is 5.96 Å². The molecule has 0 saturated heterocycles. The zero-order valence-corrected chi connectivity index (χ0v) is 46.7. The van der Waals surface area contributed by atoms with Gasteiger partial charge in [0.1, 0.15) is 48.0 Å². The van der Waals surface area contributed by atoms with Gasteiger partial charge in [-0.05, 0) is 92.1 Å². The number of aliphatic carboxylic acids is 2. The molecule has 3 rings (SSSR count). The summed E-state index contributed by atoms with van der Waals surface area (Å²) < 4.78 is 0. The number of rotatable bonds is 36. The summed E-state index contributed by atoms with van der Waals surface area (Å²) in [5, 5.41) is 48.9. The van der Waals surface area contributed by atoms with Gasteiger partial charge in [-0.1, -0.05) is 91.1 Å². The Morgan fingerprint density at radius 1 is 0.575 bits per heavy atom. The second-order valence-electron chi connectivity index (χ2n) is 20.4. The molecular weight excluding hydrogens is 1030 g/mol. The van der Waals surface area contributed by atoms with Gasteiger partial charge in [0.25, 0.3) is 0 Å². The summed E-state index contributed by atoms with van der Waals surface area (Å²) in [6, 6.07) is 2.56. The number of benzene rings is 2. The summed E-state index contributed by atoms with van der Waals surface area (Å²) in [7, 11) is 0. The van der Waals surface area contributed by atoms with Crippen LogP contribution in [0.3, 0.4) is 0 Å². The van der Waals surface area contributed by atoms with Crippen LogP contribution in [0.5, 0.6) is 5.75 Å². The fourth-order valence-electron chi connectivity index (χ4n) is 8.67. The minimum Gasteiger partial charge on any atom is -0.508 e. The number of nitrogens with two attached hydrogens (primary N) is 4. The van der Waals surface area contributed by atoms with Gasteiger partial charge in [-0.25, -0.2) is 4.79 Å². The maximum absolute atomic E-state index is 14.8. The number of unbranched alkanes of at least 4 members (excludes halogenated alkanes) is 1. The first-order chi connectivity index (χ1) is 37.9. The molecule has 19 N–H and O–H groups in total. The van der Waals surface area contributed by atoms with Crippen LogP contribution in [0.25, 0.3) is 10.9 Å². The van der Waals surface area contributed by atoms with Gasteiger partial charge in [-0.3, -0.25) is 43.3 Å². The molecule has 0 unspecified atom stereocenters. The monoisotopic (exact) mass is 1120 g/mol. The number of aliphatic imine (C=N–C) groups is 1. The Morgan fingerprint density at radius 2 is 1.05 bits per heavy atom. The summed E-state index contributed by atoms with van der Waals surface area (Å²) in [6.45, 7) is 10.7. The first-order valence-corrected chi connectivity index (χ1v) is 27.4. The zero-order valence-electron chi connectivity index (χ0n) is 46.7. The zero-order chi connectivity index (χ0) is 59.6. The number of hydrogen-bond donors (Lipinski definition) is 15. The van der Waals surface area contributed by atoms with Crippen LogP contribution >= 0.6 is 0 Å². The Labute approximate surface area is 466 Å². The number of hydrogen-bond acceptors (Lipinski definition) is 13. The van der Waals surface area contributed by atoms with Crippen LogP contribution in [0, 0.1) is 17.8 Å². The molecule has 0 bridgehead atoms. The molecule has 0 aliphatic heterocycles. The van der Waals surface area contributed by atoms with E-state index in [0.717, 1.165) is 10.9 Å². The Hall–Kier alpha value is -7.80. The fourth-order valence-corrected chi connectivity index (χ4v) is 8.67. The molecule has 0 radical (unpaired) electrons. The van der Waals surface area contributed by atoms with E-state index in [4.69, 9.17) is 28.0 Å². The molecule has 442 valence electrons. The van der Waals surface area contributed by atoms with Gasteiger partial charge < -0.3 is 80.5 Å². The molecule has 25 nitrogen and oxygen atoms in total. The second kappa shape index (κ2) is 33.6. The number of phenolic OH excluding ortho intramolecular Hbond substituents is 1. The highest BCUT2D eigenvalue weighted by molar-refractivity contribution is 5.98. The highest BCUT2D eigenvalue weighted by Gasteiger charge is 2.37. The minimum atomic E-state index is -1.41. The third-order valence-corrected chi connectivity index (χ3v) is 14.3. The lowest BCUT2D eigenvalue weighted by atomic mass is 9.94. The topological polar surface area (TPSA) is 431 Å². The number of aromatic amines is 1. The lowest BCUT2D eigenvalue weighted by Crippen LogP contribution is -2.61. The lowest BCUT2D eigenvalue weighted by molar-refractivity contribution is -0.144. The normalized spacial score (nSPS) is 15.3. The summed E-state index contributed by atoms with van der Waals surface area (Å²) in [6.07, 6.45) is 2.83. The van der Waals surface area contributed by atoms with E-state index in [9.17, 15) is 53.4 Å². The van der Waals surface area contributed by atoms with Crippen LogP contribution in [0.4, 0.5) is 0 Å². The molecule has 80 heavy (non-hydrogen) atoms. The quantitative estimate of drug-likeness (QED) is 0.0216. The molecule has 11 atom stereocenters. The maximum atomic E-state index is 14.8. The largest absolute Gasteiger partial charge is 0.508 e. The average molecular weight is 1120 g/mol. The number of H-pyrrole nitrogens is 1. The number of carboxylic acids is 2. The van der Waals surface area contributed by atoms with Crippen LogP contribution in [-0.2, 0) is 56.0 Å². The smallest absolute Gasteiger partial charge is 0.326 e. The van der Waals surface area contributed by atoms with E-state index >= 15 is 0 Å². The molecular formula is C55H85N13O12. The van der Waals surface area contributed by atoms with Crippen LogP contribution < -0.4 is 60.2 Å². The van der Waals surface area contributed by atoms with Crippen LogP contribution in [-0.4, -0.2) is 141 Å². The predicted molar refractivity (Wildman–Crippen MR) is 301 cm³/mol. The van der Waals surface area contributed by atoms with Crippen LogP contribution in [0.15, 0.2) is 59.7 Å². The van der Waals surface area contributed by atoms with Crippen molar-refractivity contribution >= 4 is 70.2 Å². The average Bonchev–Trinajstić information content (AvgIpc) is 3.84. The first-order valence-electron chi connectivity index (χ1n) is 27.4. The van der Waals surface area contributed by atoms with Crippen molar-refractivity contribution in [3.8, 4) is 5.75 Å². The summed E-state index contributed by atoms with van der Waals surface area (Å²) >= 11 is 0. The van der Waals surface area contributed by atoms with E-state index in [2.05, 4.69) is 47.2 Å². The van der Waals surface area contributed by atoms with E-state index in [-0.39, 0.29) is 63.3 Å². The number of amides is 7. The third-order valence-electron chi connectivity index (χ3n) is 14.3. The van der Waals surface area contributed by atoms with E-state index in [0.29, 0.717) is 43.2 Å². The molecule has 1 aromatic heterocycles. The maximum Gasteiger partial charge on any atom is 0.326 e. The number of aromatic nitrogens is 1. The Bertz CT molecular complexity index is 2570.